The first-order chi connectivity index (χ1) is 14.0. The van der Waals surface area contributed by atoms with Gasteiger partial charge in [-0.3, -0.25) is 14.4 Å². The molecule has 2 N–H and O–H groups in total. The zero-order chi connectivity index (χ0) is 21.0. The fourth-order valence-electron chi connectivity index (χ4n) is 3.99. The quantitative estimate of drug-likeness (QED) is 0.527. The molecule has 3 rings (SSSR count). The molecule has 0 spiro atoms. The summed E-state index contributed by atoms with van der Waals surface area (Å²) < 4.78 is 5.21. The van der Waals surface area contributed by atoms with E-state index in [0.29, 0.717) is 12.2 Å². The van der Waals surface area contributed by atoms with Crippen molar-refractivity contribution >= 4 is 28.7 Å². The summed E-state index contributed by atoms with van der Waals surface area (Å²) in [5, 5.41) is 3.69. The topological polar surface area (TPSA) is 91.5 Å². The molecular weight excluding hydrogens is 370 g/mol. The molecule has 2 heterocycles. The number of hydrogen-bond donors (Lipinski definition) is 2. The summed E-state index contributed by atoms with van der Waals surface area (Å²) in [4.78, 5) is 43.3. The molecule has 156 valence electrons. The van der Waals surface area contributed by atoms with Gasteiger partial charge in [-0.1, -0.05) is 38.0 Å². The van der Waals surface area contributed by atoms with Crippen LogP contribution in [-0.4, -0.2) is 52.9 Å². The largest absolute Gasteiger partial charge is 0.466 e. The van der Waals surface area contributed by atoms with Gasteiger partial charge < -0.3 is 19.9 Å². The van der Waals surface area contributed by atoms with Gasteiger partial charge in [0, 0.05) is 23.5 Å². The lowest BCUT2D eigenvalue weighted by Gasteiger charge is -2.23. The number of nitrogens with zero attached hydrogens (tertiary/aromatic N) is 1. The predicted octanol–water partition coefficient (Wildman–Crippen LogP) is 2.87. The lowest BCUT2D eigenvalue weighted by molar-refractivity contribution is -0.149. The lowest BCUT2D eigenvalue weighted by atomic mass is 9.97. The second-order valence-corrected chi connectivity index (χ2v) is 7.48. The molecule has 0 bridgehead atoms. The Balaban J connectivity index is 1.81. The van der Waals surface area contributed by atoms with E-state index in [2.05, 4.69) is 17.2 Å². The molecule has 1 fully saturated rings. The minimum atomic E-state index is -0.926. The van der Waals surface area contributed by atoms with Crippen LogP contribution in [0, 0.1) is 5.92 Å². The van der Waals surface area contributed by atoms with Gasteiger partial charge in [0.25, 0.3) is 5.91 Å². The highest BCUT2D eigenvalue weighted by Crippen LogP contribution is 2.28. The van der Waals surface area contributed by atoms with E-state index in [1.54, 1.807) is 17.9 Å². The van der Waals surface area contributed by atoms with E-state index in [1.807, 2.05) is 31.2 Å². The van der Waals surface area contributed by atoms with Gasteiger partial charge >= 0.3 is 5.97 Å². The average molecular weight is 399 g/mol. The number of aromatic nitrogens is 1. The van der Waals surface area contributed by atoms with Gasteiger partial charge in [-0.25, -0.2) is 0 Å². The van der Waals surface area contributed by atoms with Crippen LogP contribution in [0.4, 0.5) is 0 Å². The summed E-state index contributed by atoms with van der Waals surface area (Å²) in [6.07, 6.45) is 2.91. The molecule has 1 aromatic carbocycles. The Bertz CT molecular complexity index is 858. The van der Waals surface area contributed by atoms with Crippen molar-refractivity contribution in [2.75, 3.05) is 13.2 Å². The van der Waals surface area contributed by atoms with Gasteiger partial charge in [-0.2, -0.15) is 0 Å². The summed E-state index contributed by atoms with van der Waals surface area (Å²) in [6, 6.07) is 8.05. The van der Waals surface area contributed by atoms with Gasteiger partial charge in [0.15, 0.2) is 0 Å². The van der Waals surface area contributed by atoms with Crippen LogP contribution in [0.1, 0.15) is 50.5 Å². The predicted molar refractivity (Wildman–Crippen MR) is 110 cm³/mol. The Morgan fingerprint density at radius 2 is 1.97 bits per heavy atom. The maximum Gasteiger partial charge on any atom is 0.313 e. The van der Waals surface area contributed by atoms with Crippen LogP contribution < -0.4 is 5.32 Å². The van der Waals surface area contributed by atoms with Crippen molar-refractivity contribution in [3.8, 4) is 0 Å². The molecule has 1 aliphatic heterocycles. The minimum Gasteiger partial charge on any atom is -0.466 e. The van der Waals surface area contributed by atoms with Gasteiger partial charge in [0.2, 0.25) is 5.91 Å². The Morgan fingerprint density at radius 3 is 2.66 bits per heavy atom. The highest BCUT2D eigenvalue weighted by atomic mass is 16.5. The summed E-state index contributed by atoms with van der Waals surface area (Å²) in [5.74, 6) is -1.81. The van der Waals surface area contributed by atoms with Gasteiger partial charge in [-0.15, -0.1) is 0 Å². The smallest absolute Gasteiger partial charge is 0.313 e. The van der Waals surface area contributed by atoms with Crippen molar-refractivity contribution in [3.05, 3.63) is 36.0 Å². The van der Waals surface area contributed by atoms with Crippen LogP contribution in [0.15, 0.2) is 30.3 Å². The van der Waals surface area contributed by atoms with Gasteiger partial charge in [0.1, 0.15) is 17.7 Å². The normalized spacial score (nSPS) is 21.6. The fourth-order valence-corrected chi connectivity index (χ4v) is 3.99. The van der Waals surface area contributed by atoms with Crippen molar-refractivity contribution in [2.45, 2.75) is 52.1 Å². The number of aromatic amines is 1. The van der Waals surface area contributed by atoms with E-state index in [1.165, 1.54) is 0 Å². The van der Waals surface area contributed by atoms with Crippen molar-refractivity contribution in [2.24, 2.45) is 5.92 Å². The summed E-state index contributed by atoms with van der Waals surface area (Å²) in [5.41, 5.74) is 1.20. The fraction of sp³-hybridized carbons (Fsp3) is 0.500. The zero-order valence-electron chi connectivity index (χ0n) is 17.2. The number of hydrogen-bond acceptors (Lipinski definition) is 4. The summed E-state index contributed by atoms with van der Waals surface area (Å²) in [7, 11) is 0. The van der Waals surface area contributed by atoms with E-state index in [-0.39, 0.29) is 18.6 Å². The highest BCUT2D eigenvalue weighted by molar-refractivity contribution is 6.02. The number of para-hydroxylation sites is 1. The van der Waals surface area contributed by atoms with Crippen molar-refractivity contribution in [3.63, 3.8) is 0 Å². The van der Waals surface area contributed by atoms with E-state index < -0.39 is 23.8 Å². The van der Waals surface area contributed by atoms with Crippen LogP contribution in [0.3, 0.4) is 0 Å². The molecule has 0 radical (unpaired) electrons. The molecule has 2 amide bonds. The third-order valence-corrected chi connectivity index (χ3v) is 5.54. The number of fused-ring (bicyclic) bond motifs is 1. The molecular formula is C22H29N3O4. The number of carbonyl (C=O) groups is 3. The Labute approximate surface area is 170 Å². The van der Waals surface area contributed by atoms with Crippen molar-refractivity contribution in [1.82, 2.24) is 15.2 Å². The molecule has 29 heavy (non-hydrogen) atoms. The summed E-state index contributed by atoms with van der Waals surface area (Å²) in [6.45, 7) is 6.48. The molecule has 0 saturated carbocycles. The molecule has 3 atom stereocenters. The number of H-pyrrole nitrogens is 1. The van der Waals surface area contributed by atoms with Crippen LogP contribution in [0.2, 0.25) is 0 Å². The van der Waals surface area contributed by atoms with E-state index in [4.69, 9.17) is 4.74 Å². The number of likely N-dealkylation sites (tertiary alicyclic amines) is 1. The third kappa shape index (κ3) is 4.28. The number of rotatable bonds is 8. The first kappa shape index (κ1) is 20.9. The molecule has 7 heteroatoms. The number of amides is 2. The molecule has 1 aliphatic rings. The molecule has 1 aromatic heterocycles. The minimum absolute atomic E-state index is 0.226. The van der Waals surface area contributed by atoms with Crippen LogP contribution in [0.25, 0.3) is 10.9 Å². The number of carbonyl (C=O) groups excluding carboxylic acids is 3. The summed E-state index contributed by atoms with van der Waals surface area (Å²) >= 11 is 0. The molecule has 0 aliphatic carbocycles. The average Bonchev–Trinajstić information content (AvgIpc) is 3.23. The van der Waals surface area contributed by atoms with Crippen molar-refractivity contribution in [1.29, 1.82) is 0 Å². The van der Waals surface area contributed by atoms with Crippen LogP contribution >= 0.6 is 0 Å². The van der Waals surface area contributed by atoms with Gasteiger partial charge in [-0.05, 0) is 32.4 Å². The van der Waals surface area contributed by atoms with E-state index in [0.717, 1.165) is 30.2 Å². The number of esters is 1. The standard InChI is InChI=1S/C22H29N3O4/c1-4-6-9-12-25-14(3)18(22(28)29-5-2)19(21(25)27)24-20(26)17-13-15-10-7-8-11-16(15)23-17/h7-8,10-11,13-14,18-19,23H,4-6,9,12H2,1-3H3,(H,24,26). The molecule has 7 nitrogen and oxygen atoms in total. The highest BCUT2D eigenvalue weighted by Gasteiger charge is 2.50. The van der Waals surface area contributed by atoms with Crippen molar-refractivity contribution < 1.29 is 19.1 Å². The SMILES string of the molecule is CCCCCN1C(=O)C(NC(=O)c2cc3ccccc3[nH]2)C(C(=O)OCC)C1C. The monoisotopic (exact) mass is 399 g/mol. The number of nitrogens with one attached hydrogen (secondary N) is 2. The maximum atomic E-state index is 13.1. The van der Waals surface area contributed by atoms with Gasteiger partial charge in [0.05, 0.1) is 6.61 Å². The zero-order valence-corrected chi connectivity index (χ0v) is 17.2. The molecule has 1 saturated heterocycles. The second-order valence-electron chi connectivity index (χ2n) is 7.48. The van der Waals surface area contributed by atoms with E-state index in [9.17, 15) is 14.4 Å². The number of benzene rings is 1. The third-order valence-electron chi connectivity index (χ3n) is 5.54. The maximum absolute atomic E-state index is 13.1. The molecule has 3 unspecified atom stereocenters. The lowest BCUT2D eigenvalue weighted by Crippen LogP contribution is -2.46. The first-order valence-electron chi connectivity index (χ1n) is 10.3. The Morgan fingerprint density at radius 1 is 1.21 bits per heavy atom. The number of ether oxygens (including phenoxy) is 1. The first-order valence-corrected chi connectivity index (χ1v) is 10.3. The Kier molecular flexibility index (Phi) is 6.56. The van der Waals surface area contributed by atoms with E-state index >= 15 is 0 Å². The Hall–Kier alpha value is -2.83. The second kappa shape index (κ2) is 9.11. The number of unbranched alkanes of at least 4 members (excludes halogenated alkanes) is 2. The van der Waals surface area contributed by atoms with Crippen LogP contribution in [0.5, 0.6) is 0 Å². The molecule has 2 aromatic rings. The van der Waals surface area contributed by atoms with Crippen LogP contribution in [-0.2, 0) is 14.3 Å².